The van der Waals surface area contributed by atoms with Gasteiger partial charge < -0.3 is 4.90 Å². The summed E-state index contributed by atoms with van der Waals surface area (Å²) in [6, 6.07) is 19.7. The molecule has 0 aliphatic carbocycles. The molecule has 3 rings (SSSR count). The zero-order valence-corrected chi connectivity index (χ0v) is 11.0. The number of benzene rings is 2. The lowest BCUT2D eigenvalue weighted by atomic mass is 9.87. The number of hydrogen-bond acceptors (Lipinski definition) is 3. The topological polar surface area (TPSA) is 50.8 Å². The summed E-state index contributed by atoms with van der Waals surface area (Å²) in [7, 11) is 1.99. The maximum absolute atomic E-state index is 9.25. The minimum absolute atomic E-state index is 0.151. The van der Waals surface area contributed by atoms with E-state index in [9.17, 15) is 10.5 Å². The van der Waals surface area contributed by atoms with Crippen LogP contribution in [0.3, 0.4) is 0 Å². The molecule has 0 bridgehead atoms. The Balaban J connectivity index is 2.44. The molecular weight excluding hydrogens is 246 g/mol. The maximum Gasteiger partial charge on any atom is 0.138 e. The highest BCUT2D eigenvalue weighted by molar-refractivity contribution is 6.00. The van der Waals surface area contributed by atoms with E-state index in [-0.39, 0.29) is 5.57 Å². The van der Waals surface area contributed by atoms with Crippen molar-refractivity contribution in [2.75, 3.05) is 11.9 Å². The average molecular weight is 257 g/mol. The van der Waals surface area contributed by atoms with Crippen LogP contribution in [0, 0.1) is 22.7 Å². The molecule has 1 aliphatic rings. The van der Waals surface area contributed by atoms with Crippen molar-refractivity contribution in [3.63, 3.8) is 0 Å². The van der Waals surface area contributed by atoms with Gasteiger partial charge >= 0.3 is 0 Å². The van der Waals surface area contributed by atoms with Gasteiger partial charge in [-0.15, -0.1) is 0 Å². The van der Waals surface area contributed by atoms with Gasteiger partial charge in [0, 0.05) is 35.1 Å². The van der Waals surface area contributed by atoms with Gasteiger partial charge in [-0.25, -0.2) is 0 Å². The second-order valence-electron chi connectivity index (χ2n) is 4.57. The molecule has 94 valence electrons. The highest BCUT2D eigenvalue weighted by Gasteiger charge is 2.25. The number of rotatable bonds is 0. The first-order chi connectivity index (χ1) is 9.77. The molecule has 2 aromatic rings. The number of anilines is 2. The van der Waals surface area contributed by atoms with Crippen LogP contribution in [-0.2, 0) is 0 Å². The molecule has 0 fully saturated rings. The van der Waals surface area contributed by atoms with Crippen LogP contribution < -0.4 is 4.90 Å². The van der Waals surface area contributed by atoms with Gasteiger partial charge in [0.2, 0.25) is 0 Å². The molecule has 20 heavy (non-hydrogen) atoms. The maximum atomic E-state index is 9.25. The third kappa shape index (κ3) is 1.58. The fraction of sp³-hybridized carbons (Fsp3) is 0.0588. The van der Waals surface area contributed by atoms with E-state index in [0.29, 0.717) is 0 Å². The Morgan fingerprint density at radius 3 is 1.75 bits per heavy atom. The standard InChI is InChI=1S/C17H11N3/c1-20-15-8-4-2-6-13(15)17(12(10-18)11-19)14-7-3-5-9-16(14)20/h2-9H,1H3. The third-order valence-electron chi connectivity index (χ3n) is 3.54. The number of nitrogens with zero attached hydrogens (tertiary/aromatic N) is 3. The molecule has 1 aliphatic heterocycles. The molecular formula is C17H11N3. The second kappa shape index (κ2) is 4.57. The van der Waals surface area contributed by atoms with Crippen LogP contribution in [0.2, 0.25) is 0 Å². The van der Waals surface area contributed by atoms with Gasteiger partial charge in [0.15, 0.2) is 0 Å². The van der Waals surface area contributed by atoms with Crippen molar-refractivity contribution in [3.8, 4) is 12.1 Å². The van der Waals surface area contributed by atoms with E-state index >= 15 is 0 Å². The minimum atomic E-state index is 0.151. The summed E-state index contributed by atoms with van der Waals surface area (Å²) >= 11 is 0. The Kier molecular flexibility index (Phi) is 2.75. The summed E-state index contributed by atoms with van der Waals surface area (Å²) in [5, 5.41) is 18.5. The molecule has 0 radical (unpaired) electrons. The van der Waals surface area contributed by atoms with Crippen molar-refractivity contribution in [2.45, 2.75) is 0 Å². The highest BCUT2D eigenvalue weighted by atomic mass is 15.1. The number of nitriles is 2. The Hall–Kier alpha value is -3.04. The second-order valence-corrected chi connectivity index (χ2v) is 4.57. The zero-order chi connectivity index (χ0) is 14.1. The van der Waals surface area contributed by atoms with Crippen molar-refractivity contribution >= 4 is 16.9 Å². The zero-order valence-electron chi connectivity index (χ0n) is 11.0. The minimum Gasteiger partial charge on any atom is -0.344 e. The van der Waals surface area contributed by atoms with Gasteiger partial charge in [0.05, 0.1) is 0 Å². The molecule has 0 unspecified atom stereocenters. The molecule has 1 heterocycles. The first-order valence-corrected chi connectivity index (χ1v) is 6.25. The van der Waals surface area contributed by atoms with Crippen LogP contribution in [0.25, 0.3) is 5.57 Å². The fourth-order valence-corrected chi connectivity index (χ4v) is 2.64. The average Bonchev–Trinajstić information content (AvgIpc) is 2.51. The monoisotopic (exact) mass is 257 g/mol. The lowest BCUT2D eigenvalue weighted by Gasteiger charge is -2.31. The Bertz CT molecular complexity index is 738. The quantitative estimate of drug-likeness (QED) is 0.677. The summed E-state index contributed by atoms with van der Waals surface area (Å²) in [5.41, 5.74) is 4.73. The van der Waals surface area contributed by atoms with Crippen LogP contribution in [0.15, 0.2) is 54.1 Å². The van der Waals surface area contributed by atoms with Crippen LogP contribution in [0.4, 0.5) is 11.4 Å². The van der Waals surface area contributed by atoms with Gasteiger partial charge in [-0.1, -0.05) is 36.4 Å². The summed E-state index contributed by atoms with van der Waals surface area (Å²) in [4.78, 5) is 2.08. The normalized spacial score (nSPS) is 11.9. The lowest BCUT2D eigenvalue weighted by Crippen LogP contribution is -2.18. The fourth-order valence-electron chi connectivity index (χ4n) is 2.64. The predicted octanol–water partition coefficient (Wildman–Crippen LogP) is 3.62. The van der Waals surface area contributed by atoms with Crippen molar-refractivity contribution in [2.24, 2.45) is 0 Å². The van der Waals surface area contributed by atoms with E-state index < -0.39 is 0 Å². The molecule has 0 spiro atoms. The van der Waals surface area contributed by atoms with Crippen LogP contribution in [-0.4, -0.2) is 7.05 Å². The van der Waals surface area contributed by atoms with Crippen LogP contribution in [0.5, 0.6) is 0 Å². The van der Waals surface area contributed by atoms with E-state index in [2.05, 4.69) is 4.90 Å². The third-order valence-corrected chi connectivity index (χ3v) is 3.54. The first-order valence-electron chi connectivity index (χ1n) is 6.25. The van der Waals surface area contributed by atoms with E-state index in [1.54, 1.807) is 0 Å². The Labute approximate surface area is 117 Å². The Morgan fingerprint density at radius 2 is 1.30 bits per heavy atom. The highest BCUT2D eigenvalue weighted by Crippen LogP contribution is 2.44. The van der Waals surface area contributed by atoms with Crippen molar-refractivity contribution < 1.29 is 0 Å². The molecule has 0 saturated carbocycles. The molecule has 0 amide bonds. The first kappa shape index (κ1) is 12.0. The van der Waals surface area contributed by atoms with Crippen molar-refractivity contribution in [1.29, 1.82) is 10.5 Å². The lowest BCUT2D eigenvalue weighted by molar-refractivity contribution is 1.17. The molecule has 0 saturated heterocycles. The van der Waals surface area contributed by atoms with E-state index in [1.165, 1.54) is 0 Å². The van der Waals surface area contributed by atoms with Crippen LogP contribution in [0.1, 0.15) is 11.1 Å². The van der Waals surface area contributed by atoms with Gasteiger partial charge in [-0.3, -0.25) is 0 Å². The summed E-state index contributed by atoms with van der Waals surface area (Å²) in [6.07, 6.45) is 0. The predicted molar refractivity (Wildman–Crippen MR) is 78.2 cm³/mol. The number of hydrogen-bond donors (Lipinski definition) is 0. The molecule has 0 aromatic heterocycles. The molecule has 0 atom stereocenters. The summed E-state index contributed by atoms with van der Waals surface area (Å²) < 4.78 is 0. The van der Waals surface area contributed by atoms with Crippen LogP contribution >= 0.6 is 0 Å². The number of para-hydroxylation sites is 2. The molecule has 0 N–H and O–H groups in total. The molecule has 2 aromatic carbocycles. The summed E-state index contributed by atoms with van der Waals surface area (Å²) in [6.45, 7) is 0. The number of fused-ring (bicyclic) bond motifs is 2. The van der Waals surface area contributed by atoms with Gasteiger partial charge in [0.1, 0.15) is 17.7 Å². The van der Waals surface area contributed by atoms with E-state index in [0.717, 1.165) is 28.1 Å². The SMILES string of the molecule is CN1c2ccccc2C(=C(C#N)C#N)c2ccccc21. The van der Waals surface area contributed by atoms with Crippen molar-refractivity contribution in [1.82, 2.24) is 0 Å². The number of allylic oxidation sites excluding steroid dienone is 1. The van der Waals surface area contributed by atoms with Gasteiger partial charge in [-0.05, 0) is 12.1 Å². The molecule has 3 nitrogen and oxygen atoms in total. The van der Waals surface area contributed by atoms with Gasteiger partial charge in [0.25, 0.3) is 0 Å². The smallest absolute Gasteiger partial charge is 0.138 e. The Morgan fingerprint density at radius 1 is 0.850 bits per heavy atom. The van der Waals surface area contributed by atoms with E-state index in [1.807, 2.05) is 67.7 Å². The largest absolute Gasteiger partial charge is 0.344 e. The van der Waals surface area contributed by atoms with Crippen molar-refractivity contribution in [3.05, 3.63) is 65.2 Å². The van der Waals surface area contributed by atoms with E-state index in [4.69, 9.17) is 0 Å². The molecule has 3 heteroatoms. The summed E-state index contributed by atoms with van der Waals surface area (Å²) in [5.74, 6) is 0. The van der Waals surface area contributed by atoms with Gasteiger partial charge in [-0.2, -0.15) is 10.5 Å².